The Morgan fingerprint density at radius 1 is 1.12 bits per heavy atom. The van der Waals surface area contributed by atoms with Gasteiger partial charge in [0.25, 0.3) is 0 Å². The fourth-order valence-electron chi connectivity index (χ4n) is 2.54. The van der Waals surface area contributed by atoms with Gasteiger partial charge in [-0.3, -0.25) is 9.10 Å². The topological polar surface area (TPSA) is 66.5 Å². The Morgan fingerprint density at radius 2 is 1.77 bits per heavy atom. The molecule has 2 aromatic rings. The van der Waals surface area contributed by atoms with Crippen LogP contribution in [0.3, 0.4) is 0 Å². The Hall–Kier alpha value is -2.05. The average molecular weight is 395 g/mol. The molecule has 2 rings (SSSR count). The van der Waals surface area contributed by atoms with Crippen LogP contribution >= 0.6 is 11.6 Å². The van der Waals surface area contributed by atoms with E-state index in [1.54, 1.807) is 30.3 Å². The average Bonchev–Trinajstić information content (AvgIpc) is 2.56. The van der Waals surface area contributed by atoms with Crippen LogP contribution in [0.5, 0.6) is 0 Å². The van der Waals surface area contributed by atoms with E-state index in [-0.39, 0.29) is 18.9 Å². The molecule has 0 atom stereocenters. The minimum atomic E-state index is -3.42. The Morgan fingerprint density at radius 3 is 2.38 bits per heavy atom. The lowest BCUT2D eigenvalue weighted by Gasteiger charge is -2.22. The number of anilines is 2. The van der Waals surface area contributed by atoms with Gasteiger partial charge in [-0.05, 0) is 50.1 Å². The first-order valence-corrected chi connectivity index (χ1v) is 10.5. The van der Waals surface area contributed by atoms with E-state index in [2.05, 4.69) is 5.32 Å². The van der Waals surface area contributed by atoms with Crippen molar-refractivity contribution < 1.29 is 13.2 Å². The smallest absolute Gasteiger partial charge is 0.232 e. The van der Waals surface area contributed by atoms with Gasteiger partial charge in [-0.1, -0.05) is 35.4 Å². The lowest BCUT2D eigenvalue weighted by atomic mass is 10.2. The summed E-state index contributed by atoms with van der Waals surface area (Å²) in [5.41, 5.74) is 3.13. The maximum atomic E-state index is 12.2. The predicted octanol–water partition coefficient (Wildman–Crippen LogP) is 4.14. The molecule has 0 saturated carbocycles. The normalized spacial score (nSPS) is 11.2. The van der Waals surface area contributed by atoms with Gasteiger partial charge in [0.1, 0.15) is 0 Å². The molecule has 0 radical (unpaired) electrons. The molecule has 0 aromatic heterocycles. The van der Waals surface area contributed by atoms with E-state index in [4.69, 9.17) is 11.6 Å². The molecule has 1 amide bonds. The fraction of sp³-hybridized carbons (Fsp3) is 0.316. The van der Waals surface area contributed by atoms with Gasteiger partial charge < -0.3 is 5.32 Å². The number of amides is 1. The zero-order chi connectivity index (χ0) is 19.3. The summed E-state index contributed by atoms with van der Waals surface area (Å²) in [5, 5.41) is 3.41. The summed E-state index contributed by atoms with van der Waals surface area (Å²) in [4.78, 5) is 12.2. The minimum absolute atomic E-state index is 0.173. The lowest BCUT2D eigenvalue weighted by molar-refractivity contribution is -0.116. The van der Waals surface area contributed by atoms with Crippen LogP contribution in [0.1, 0.15) is 24.0 Å². The maximum absolute atomic E-state index is 12.2. The van der Waals surface area contributed by atoms with Crippen LogP contribution in [-0.4, -0.2) is 27.1 Å². The second kappa shape index (κ2) is 8.56. The van der Waals surface area contributed by atoms with Crippen molar-refractivity contribution in [2.45, 2.75) is 26.7 Å². The van der Waals surface area contributed by atoms with Gasteiger partial charge in [-0.15, -0.1) is 0 Å². The van der Waals surface area contributed by atoms with E-state index in [9.17, 15) is 13.2 Å². The summed E-state index contributed by atoms with van der Waals surface area (Å²) in [6.45, 7) is 4.02. The quantitative estimate of drug-likeness (QED) is 0.767. The first-order valence-electron chi connectivity index (χ1n) is 8.28. The van der Waals surface area contributed by atoms with Gasteiger partial charge >= 0.3 is 0 Å². The number of aryl methyl sites for hydroxylation is 1. The molecule has 0 saturated heterocycles. The van der Waals surface area contributed by atoms with Gasteiger partial charge in [-0.25, -0.2) is 8.42 Å². The third-order valence-corrected chi connectivity index (χ3v) is 5.63. The molecular formula is C19H23ClN2O3S. The first kappa shape index (κ1) is 20.3. The van der Waals surface area contributed by atoms with E-state index >= 15 is 0 Å². The highest BCUT2D eigenvalue weighted by Crippen LogP contribution is 2.23. The minimum Gasteiger partial charge on any atom is -0.326 e. The Bertz CT molecular complexity index is 880. The molecule has 0 aliphatic heterocycles. The highest BCUT2D eigenvalue weighted by molar-refractivity contribution is 7.92. The molecule has 26 heavy (non-hydrogen) atoms. The summed E-state index contributed by atoms with van der Waals surface area (Å²) in [6, 6.07) is 12.6. The number of carbonyl (C=O) groups is 1. The first-order chi connectivity index (χ1) is 12.2. The zero-order valence-corrected chi connectivity index (χ0v) is 16.7. The summed E-state index contributed by atoms with van der Waals surface area (Å²) in [7, 11) is -3.42. The second-order valence-corrected chi connectivity index (χ2v) is 8.55. The zero-order valence-electron chi connectivity index (χ0n) is 15.1. The monoisotopic (exact) mass is 394 g/mol. The van der Waals surface area contributed by atoms with Gasteiger partial charge in [0.15, 0.2) is 0 Å². The number of nitrogens with zero attached hydrogens (tertiary/aromatic N) is 1. The van der Waals surface area contributed by atoms with Crippen molar-refractivity contribution >= 4 is 38.9 Å². The van der Waals surface area contributed by atoms with Crippen LogP contribution < -0.4 is 9.62 Å². The van der Waals surface area contributed by atoms with Crippen LogP contribution in [-0.2, 0) is 14.8 Å². The summed E-state index contributed by atoms with van der Waals surface area (Å²) < 4.78 is 25.5. The molecule has 2 aromatic carbocycles. The van der Waals surface area contributed by atoms with E-state index in [0.29, 0.717) is 22.8 Å². The fourth-order valence-corrected chi connectivity index (χ4v) is 3.68. The molecule has 140 valence electrons. The van der Waals surface area contributed by atoms with Crippen LogP contribution in [0, 0.1) is 13.8 Å². The largest absolute Gasteiger partial charge is 0.326 e. The molecule has 0 spiro atoms. The van der Waals surface area contributed by atoms with Crippen LogP contribution in [0.2, 0.25) is 5.02 Å². The maximum Gasteiger partial charge on any atom is 0.232 e. The second-order valence-electron chi connectivity index (χ2n) is 6.23. The Balaban J connectivity index is 1.98. The predicted molar refractivity (Wildman–Crippen MR) is 107 cm³/mol. The molecule has 0 bridgehead atoms. The summed E-state index contributed by atoms with van der Waals surface area (Å²) >= 11 is 6.05. The molecule has 0 aliphatic rings. The van der Waals surface area contributed by atoms with Gasteiger partial charge in [0.2, 0.25) is 15.9 Å². The van der Waals surface area contributed by atoms with Crippen molar-refractivity contribution in [2.75, 3.05) is 22.4 Å². The summed E-state index contributed by atoms with van der Waals surface area (Å²) in [6.07, 6.45) is 1.79. The van der Waals surface area contributed by atoms with Gasteiger partial charge in [0, 0.05) is 23.7 Å². The molecule has 0 heterocycles. The molecular weight excluding hydrogens is 372 g/mol. The third kappa shape index (κ3) is 5.47. The van der Waals surface area contributed by atoms with E-state index < -0.39 is 10.0 Å². The van der Waals surface area contributed by atoms with Crippen LogP contribution in [0.15, 0.2) is 42.5 Å². The molecule has 0 aliphatic carbocycles. The standard InChI is InChI=1S/C19H23ClN2O3S/c1-14-9-11-16(12-10-14)22(26(3,24)25)13-5-8-19(23)21-18-7-4-6-17(20)15(18)2/h4,6-7,9-12H,5,8,13H2,1-3H3,(H,21,23). The molecule has 7 heteroatoms. The Kier molecular flexibility index (Phi) is 6.67. The Labute approximate surface area is 160 Å². The van der Waals surface area contributed by atoms with E-state index in [0.717, 1.165) is 11.1 Å². The van der Waals surface area contributed by atoms with Gasteiger partial charge in [-0.2, -0.15) is 0 Å². The van der Waals surface area contributed by atoms with E-state index in [1.807, 2.05) is 26.0 Å². The number of nitrogens with one attached hydrogen (secondary N) is 1. The van der Waals surface area contributed by atoms with Gasteiger partial charge in [0.05, 0.1) is 11.9 Å². The highest BCUT2D eigenvalue weighted by Gasteiger charge is 2.17. The number of hydrogen-bond acceptors (Lipinski definition) is 3. The van der Waals surface area contributed by atoms with Crippen LogP contribution in [0.4, 0.5) is 11.4 Å². The van der Waals surface area contributed by atoms with Crippen molar-refractivity contribution in [3.05, 3.63) is 58.6 Å². The highest BCUT2D eigenvalue weighted by atomic mass is 35.5. The number of sulfonamides is 1. The van der Waals surface area contributed by atoms with Crippen molar-refractivity contribution in [1.29, 1.82) is 0 Å². The molecule has 0 unspecified atom stereocenters. The van der Waals surface area contributed by atoms with Crippen molar-refractivity contribution in [3.63, 3.8) is 0 Å². The lowest BCUT2D eigenvalue weighted by Crippen LogP contribution is -2.31. The SMILES string of the molecule is Cc1ccc(N(CCCC(=O)Nc2cccc(Cl)c2C)S(C)(=O)=O)cc1. The molecule has 0 fully saturated rings. The van der Waals surface area contributed by atoms with Crippen molar-refractivity contribution in [3.8, 4) is 0 Å². The summed E-state index contributed by atoms with van der Waals surface area (Å²) in [5.74, 6) is -0.173. The van der Waals surface area contributed by atoms with Crippen molar-refractivity contribution in [1.82, 2.24) is 0 Å². The number of halogens is 1. The number of carbonyl (C=O) groups excluding carboxylic acids is 1. The molecule has 1 N–H and O–H groups in total. The molecule has 5 nitrogen and oxygen atoms in total. The number of rotatable bonds is 7. The van der Waals surface area contributed by atoms with Crippen LogP contribution in [0.25, 0.3) is 0 Å². The third-order valence-electron chi connectivity index (χ3n) is 4.03. The number of benzene rings is 2. The van der Waals surface area contributed by atoms with Crippen molar-refractivity contribution in [2.24, 2.45) is 0 Å². The van der Waals surface area contributed by atoms with E-state index in [1.165, 1.54) is 10.6 Å². The number of hydrogen-bond donors (Lipinski definition) is 1.